The van der Waals surface area contributed by atoms with Crippen LogP contribution in [0.3, 0.4) is 0 Å². The van der Waals surface area contributed by atoms with E-state index < -0.39 is 12.8 Å². The van der Waals surface area contributed by atoms with Gasteiger partial charge in [-0.1, -0.05) is 29.8 Å². The van der Waals surface area contributed by atoms with E-state index in [-0.39, 0.29) is 0 Å². The Kier molecular flexibility index (Phi) is 5.25. The van der Waals surface area contributed by atoms with E-state index in [2.05, 4.69) is 4.98 Å². The molecule has 0 aliphatic heterocycles. The quantitative estimate of drug-likeness (QED) is 0.679. The highest BCUT2D eigenvalue weighted by Gasteiger charge is 2.19. The van der Waals surface area contributed by atoms with E-state index in [0.717, 1.165) is 22.4 Å². The van der Waals surface area contributed by atoms with Gasteiger partial charge in [-0.25, -0.2) is 4.79 Å². The van der Waals surface area contributed by atoms with Crippen molar-refractivity contribution in [3.05, 3.63) is 52.8 Å². The predicted octanol–water partition coefficient (Wildman–Crippen LogP) is 2.62. The van der Waals surface area contributed by atoms with Crippen molar-refractivity contribution in [2.24, 2.45) is 0 Å². The fourth-order valence-electron chi connectivity index (χ4n) is 2.31. The zero-order valence-electron chi connectivity index (χ0n) is 12.9. The third kappa shape index (κ3) is 3.50. The fourth-order valence-corrected chi connectivity index (χ4v) is 2.31. The number of aliphatic hydroxyl groups excluding tert-OH is 1. The predicted molar refractivity (Wildman–Crippen MR) is 82.4 cm³/mol. The lowest BCUT2D eigenvalue weighted by Crippen LogP contribution is -2.12. The van der Waals surface area contributed by atoms with Crippen LogP contribution >= 0.6 is 0 Å². The third-order valence-corrected chi connectivity index (χ3v) is 3.31. The smallest absolute Gasteiger partial charge is 0.342 e. The number of hydrogen-bond acceptors (Lipinski definition) is 5. The Morgan fingerprint density at radius 2 is 1.91 bits per heavy atom. The van der Waals surface area contributed by atoms with Crippen LogP contribution in [0.15, 0.2) is 30.3 Å². The maximum atomic E-state index is 12.1. The van der Waals surface area contributed by atoms with Gasteiger partial charge < -0.3 is 14.6 Å². The highest BCUT2D eigenvalue weighted by atomic mass is 16.6. The summed E-state index contributed by atoms with van der Waals surface area (Å²) in [6.07, 6.45) is 0. The van der Waals surface area contributed by atoms with Gasteiger partial charge in [-0.2, -0.15) is 0 Å². The minimum Gasteiger partial charge on any atom is -0.435 e. The number of rotatable bonds is 5. The third-order valence-electron chi connectivity index (χ3n) is 3.31. The number of hydrogen-bond donors (Lipinski definition) is 1. The van der Waals surface area contributed by atoms with Crippen molar-refractivity contribution in [3.8, 4) is 11.1 Å². The highest BCUT2D eigenvalue weighted by Crippen LogP contribution is 2.27. The van der Waals surface area contributed by atoms with Gasteiger partial charge in [-0.3, -0.25) is 4.98 Å². The van der Waals surface area contributed by atoms with Crippen LogP contribution in [0.25, 0.3) is 11.1 Å². The number of pyridine rings is 1. The molecular formula is C17H19NO4. The topological polar surface area (TPSA) is 68.7 Å². The standard InChI is InChI=1S/C17H19NO4/c1-11-4-6-13(7-5-11)15-8-14(9-21-3)18-12(2)16(15)17(20)22-10-19/h4-8,19H,9-10H2,1-3H3. The molecule has 1 aromatic heterocycles. The molecule has 22 heavy (non-hydrogen) atoms. The van der Waals surface area contributed by atoms with Crippen molar-refractivity contribution >= 4 is 5.97 Å². The first-order valence-corrected chi connectivity index (χ1v) is 6.91. The average Bonchev–Trinajstić information content (AvgIpc) is 2.48. The number of aryl methyl sites for hydroxylation is 2. The summed E-state index contributed by atoms with van der Waals surface area (Å²) in [4.78, 5) is 16.5. The molecule has 0 saturated heterocycles. The zero-order valence-corrected chi connectivity index (χ0v) is 12.9. The molecule has 0 unspecified atom stereocenters. The summed E-state index contributed by atoms with van der Waals surface area (Å²) in [5.74, 6) is -0.591. The summed E-state index contributed by atoms with van der Waals surface area (Å²) < 4.78 is 9.86. The molecule has 116 valence electrons. The number of nitrogens with zero attached hydrogens (tertiary/aromatic N) is 1. The van der Waals surface area contributed by atoms with Crippen LogP contribution in [0.1, 0.15) is 27.3 Å². The Balaban J connectivity index is 2.60. The largest absolute Gasteiger partial charge is 0.435 e. The van der Waals surface area contributed by atoms with Gasteiger partial charge >= 0.3 is 5.97 Å². The van der Waals surface area contributed by atoms with E-state index in [1.165, 1.54) is 0 Å². The van der Waals surface area contributed by atoms with E-state index in [9.17, 15) is 4.79 Å². The van der Waals surface area contributed by atoms with E-state index in [4.69, 9.17) is 14.6 Å². The molecule has 0 aliphatic carbocycles. The molecule has 0 fully saturated rings. The molecule has 0 radical (unpaired) electrons. The second kappa shape index (κ2) is 7.15. The van der Waals surface area contributed by atoms with Crippen molar-refractivity contribution in [2.45, 2.75) is 20.5 Å². The molecule has 0 amide bonds. The SMILES string of the molecule is COCc1cc(-c2ccc(C)cc2)c(C(=O)OCO)c(C)n1. The number of aliphatic hydroxyl groups is 1. The van der Waals surface area contributed by atoms with Crippen LogP contribution in [0.5, 0.6) is 0 Å². The van der Waals surface area contributed by atoms with Gasteiger partial charge in [0.05, 0.1) is 23.6 Å². The Hall–Kier alpha value is -2.24. The minimum absolute atomic E-state index is 0.356. The summed E-state index contributed by atoms with van der Waals surface area (Å²) in [6.45, 7) is 3.43. The van der Waals surface area contributed by atoms with Gasteiger partial charge in [0.2, 0.25) is 0 Å². The van der Waals surface area contributed by atoms with Crippen LogP contribution in [-0.2, 0) is 16.1 Å². The minimum atomic E-state index is -0.661. The van der Waals surface area contributed by atoms with Crippen LogP contribution in [-0.4, -0.2) is 30.0 Å². The number of ether oxygens (including phenoxy) is 2. The first kappa shape index (κ1) is 16.1. The number of esters is 1. The van der Waals surface area contributed by atoms with E-state index >= 15 is 0 Å². The molecule has 2 rings (SSSR count). The Labute approximate surface area is 129 Å². The molecule has 5 heteroatoms. The molecule has 1 heterocycles. The number of aromatic nitrogens is 1. The number of carbonyl (C=O) groups is 1. The van der Waals surface area contributed by atoms with Crippen LogP contribution in [0, 0.1) is 13.8 Å². The summed E-state index contributed by atoms with van der Waals surface area (Å²) in [5, 5.41) is 8.84. The van der Waals surface area contributed by atoms with Crippen LogP contribution in [0.4, 0.5) is 0 Å². The summed E-state index contributed by atoms with van der Waals surface area (Å²) in [6, 6.07) is 9.65. The normalized spacial score (nSPS) is 10.5. The van der Waals surface area contributed by atoms with Gasteiger partial charge in [0.15, 0.2) is 6.79 Å². The van der Waals surface area contributed by atoms with Crippen molar-refractivity contribution in [1.29, 1.82) is 0 Å². The van der Waals surface area contributed by atoms with Gasteiger partial charge in [0.1, 0.15) is 0 Å². The van der Waals surface area contributed by atoms with E-state index in [0.29, 0.717) is 17.9 Å². The van der Waals surface area contributed by atoms with Crippen molar-refractivity contribution < 1.29 is 19.4 Å². The molecule has 0 aliphatic rings. The average molecular weight is 301 g/mol. The lowest BCUT2D eigenvalue weighted by atomic mass is 9.97. The monoisotopic (exact) mass is 301 g/mol. The van der Waals surface area contributed by atoms with Gasteiger partial charge in [-0.15, -0.1) is 0 Å². The zero-order chi connectivity index (χ0) is 16.1. The maximum absolute atomic E-state index is 12.1. The summed E-state index contributed by atoms with van der Waals surface area (Å²) >= 11 is 0. The molecule has 0 bridgehead atoms. The van der Waals surface area contributed by atoms with Crippen molar-refractivity contribution in [2.75, 3.05) is 13.9 Å². The molecule has 1 aromatic carbocycles. The Morgan fingerprint density at radius 1 is 1.23 bits per heavy atom. The van der Waals surface area contributed by atoms with Crippen LogP contribution in [0.2, 0.25) is 0 Å². The molecule has 1 N–H and O–H groups in total. The first-order chi connectivity index (χ1) is 10.6. The van der Waals surface area contributed by atoms with E-state index in [1.807, 2.05) is 37.3 Å². The summed E-state index contributed by atoms with van der Waals surface area (Å²) in [7, 11) is 1.59. The highest BCUT2D eigenvalue weighted by molar-refractivity contribution is 5.98. The number of benzene rings is 1. The molecule has 0 spiro atoms. The van der Waals surface area contributed by atoms with Gasteiger partial charge in [0.25, 0.3) is 0 Å². The molecule has 0 atom stereocenters. The Bertz CT molecular complexity index is 665. The van der Waals surface area contributed by atoms with Gasteiger partial charge in [-0.05, 0) is 31.0 Å². The van der Waals surface area contributed by atoms with Gasteiger partial charge in [0, 0.05) is 7.11 Å². The fraction of sp³-hybridized carbons (Fsp3) is 0.294. The van der Waals surface area contributed by atoms with Crippen LogP contribution < -0.4 is 0 Å². The molecule has 2 aromatic rings. The summed E-state index contributed by atoms with van der Waals surface area (Å²) in [5.41, 5.74) is 4.37. The molecule has 5 nitrogen and oxygen atoms in total. The lowest BCUT2D eigenvalue weighted by Gasteiger charge is -2.13. The number of carbonyl (C=O) groups excluding carboxylic acids is 1. The van der Waals surface area contributed by atoms with Crippen molar-refractivity contribution in [1.82, 2.24) is 4.98 Å². The second-order valence-electron chi connectivity index (χ2n) is 4.98. The Morgan fingerprint density at radius 3 is 2.50 bits per heavy atom. The van der Waals surface area contributed by atoms with E-state index in [1.54, 1.807) is 14.0 Å². The second-order valence-corrected chi connectivity index (χ2v) is 4.98. The molecular weight excluding hydrogens is 282 g/mol. The van der Waals surface area contributed by atoms with Crippen molar-refractivity contribution in [3.63, 3.8) is 0 Å². The molecule has 0 saturated carbocycles. The first-order valence-electron chi connectivity index (χ1n) is 6.91. The lowest BCUT2D eigenvalue weighted by molar-refractivity contribution is 0.00679. The number of methoxy groups -OCH3 is 1. The maximum Gasteiger partial charge on any atom is 0.342 e.